The first-order valence-corrected chi connectivity index (χ1v) is 7.25. The zero-order valence-corrected chi connectivity index (χ0v) is 12.7. The number of thioether (sulfide) groups is 1. The quantitative estimate of drug-likeness (QED) is 0.782. The number of methoxy groups -OCH3 is 2. The molecule has 0 aliphatic heterocycles. The standard InChI is InChI=1S/C14H19NO4S/c1-10(20-9-8-13(16)19-3)14(17)15-11-6-4-5-7-12(11)18-2/h4-7,10H,8-9H2,1-3H3,(H,15,17)/t10-/m1/s1. The maximum Gasteiger partial charge on any atom is 0.306 e. The number of ether oxygens (including phenoxy) is 2. The summed E-state index contributed by atoms with van der Waals surface area (Å²) in [5, 5.41) is 2.55. The van der Waals surface area contributed by atoms with E-state index in [0.29, 0.717) is 23.6 Å². The predicted octanol–water partition coefficient (Wildman–Crippen LogP) is 2.32. The molecule has 1 atom stereocenters. The van der Waals surface area contributed by atoms with Gasteiger partial charge in [0.05, 0.1) is 31.6 Å². The Morgan fingerprint density at radius 2 is 2.00 bits per heavy atom. The summed E-state index contributed by atoms with van der Waals surface area (Å²) in [7, 11) is 2.91. The van der Waals surface area contributed by atoms with Crippen LogP contribution in [0, 0.1) is 0 Å². The van der Waals surface area contributed by atoms with Crippen LogP contribution < -0.4 is 10.1 Å². The second-order valence-electron chi connectivity index (χ2n) is 4.03. The molecule has 1 N–H and O–H groups in total. The summed E-state index contributed by atoms with van der Waals surface area (Å²) in [4.78, 5) is 23.0. The Kier molecular flexibility index (Phi) is 6.93. The maximum absolute atomic E-state index is 12.0. The van der Waals surface area contributed by atoms with Gasteiger partial charge in [0.25, 0.3) is 0 Å². The molecule has 0 aromatic heterocycles. The molecule has 1 aromatic rings. The molecule has 0 radical (unpaired) electrons. The first-order chi connectivity index (χ1) is 9.58. The minimum Gasteiger partial charge on any atom is -0.495 e. The van der Waals surface area contributed by atoms with Gasteiger partial charge in [0.1, 0.15) is 5.75 Å². The minimum atomic E-state index is -0.269. The molecule has 6 heteroatoms. The van der Waals surface area contributed by atoms with Gasteiger partial charge in [-0.15, -0.1) is 11.8 Å². The molecular weight excluding hydrogens is 278 g/mol. The maximum atomic E-state index is 12.0. The van der Waals surface area contributed by atoms with Gasteiger partial charge in [-0.2, -0.15) is 0 Å². The van der Waals surface area contributed by atoms with Crippen LogP contribution in [0.15, 0.2) is 24.3 Å². The van der Waals surface area contributed by atoms with Gasteiger partial charge in [0, 0.05) is 5.75 Å². The Morgan fingerprint density at radius 1 is 1.30 bits per heavy atom. The van der Waals surface area contributed by atoms with Crippen LogP contribution >= 0.6 is 11.8 Å². The van der Waals surface area contributed by atoms with Crippen LogP contribution in [0.1, 0.15) is 13.3 Å². The molecule has 0 bridgehead atoms. The van der Waals surface area contributed by atoms with Crippen molar-refractivity contribution in [2.75, 3.05) is 25.3 Å². The topological polar surface area (TPSA) is 64.6 Å². The van der Waals surface area contributed by atoms with Crippen LogP contribution in [0.2, 0.25) is 0 Å². The lowest BCUT2D eigenvalue weighted by Crippen LogP contribution is -2.23. The number of esters is 1. The van der Waals surface area contributed by atoms with Gasteiger partial charge in [-0.25, -0.2) is 0 Å². The normalized spacial score (nSPS) is 11.6. The lowest BCUT2D eigenvalue weighted by Gasteiger charge is -2.13. The third-order valence-corrected chi connectivity index (χ3v) is 3.79. The summed E-state index contributed by atoms with van der Waals surface area (Å²) < 4.78 is 9.72. The van der Waals surface area contributed by atoms with Crippen LogP contribution in [0.4, 0.5) is 5.69 Å². The van der Waals surface area contributed by atoms with Gasteiger partial charge >= 0.3 is 5.97 Å². The average molecular weight is 297 g/mol. The van der Waals surface area contributed by atoms with Crippen molar-refractivity contribution in [3.05, 3.63) is 24.3 Å². The molecule has 20 heavy (non-hydrogen) atoms. The zero-order valence-electron chi connectivity index (χ0n) is 11.8. The summed E-state index contributed by atoms with van der Waals surface area (Å²) in [6.07, 6.45) is 0.299. The highest BCUT2D eigenvalue weighted by Gasteiger charge is 2.15. The summed E-state index contributed by atoms with van der Waals surface area (Å²) in [5.74, 6) is 0.777. The fourth-order valence-electron chi connectivity index (χ4n) is 1.48. The van der Waals surface area contributed by atoms with Crippen molar-refractivity contribution in [2.45, 2.75) is 18.6 Å². The van der Waals surface area contributed by atoms with Crippen molar-refractivity contribution in [1.82, 2.24) is 0 Å². The van der Waals surface area contributed by atoms with Crippen molar-refractivity contribution >= 4 is 29.3 Å². The highest BCUT2D eigenvalue weighted by molar-refractivity contribution is 8.00. The molecule has 1 amide bonds. The molecule has 0 spiro atoms. The number of carbonyl (C=O) groups excluding carboxylic acids is 2. The van der Waals surface area contributed by atoms with E-state index in [1.165, 1.54) is 18.9 Å². The first-order valence-electron chi connectivity index (χ1n) is 6.20. The van der Waals surface area contributed by atoms with Gasteiger partial charge in [-0.3, -0.25) is 9.59 Å². The van der Waals surface area contributed by atoms with Gasteiger partial charge in [-0.1, -0.05) is 12.1 Å². The molecule has 0 saturated heterocycles. The minimum absolute atomic E-state index is 0.121. The van der Waals surface area contributed by atoms with Crippen LogP contribution in [0.5, 0.6) is 5.75 Å². The lowest BCUT2D eigenvalue weighted by atomic mass is 10.3. The number of amides is 1. The Hall–Kier alpha value is -1.69. The smallest absolute Gasteiger partial charge is 0.306 e. The highest BCUT2D eigenvalue weighted by Crippen LogP contribution is 2.24. The van der Waals surface area contributed by atoms with E-state index in [2.05, 4.69) is 10.1 Å². The molecule has 1 aromatic carbocycles. The number of para-hydroxylation sites is 2. The van der Waals surface area contributed by atoms with E-state index >= 15 is 0 Å². The number of rotatable bonds is 7. The zero-order chi connectivity index (χ0) is 15.0. The van der Waals surface area contributed by atoms with Gasteiger partial charge < -0.3 is 14.8 Å². The van der Waals surface area contributed by atoms with Crippen LogP contribution in [0.25, 0.3) is 0 Å². The molecule has 0 aliphatic rings. The van der Waals surface area contributed by atoms with E-state index in [4.69, 9.17) is 4.74 Å². The lowest BCUT2D eigenvalue weighted by molar-refractivity contribution is -0.140. The van der Waals surface area contributed by atoms with E-state index in [0.717, 1.165) is 0 Å². The second kappa shape index (κ2) is 8.47. The number of nitrogens with one attached hydrogen (secondary N) is 1. The van der Waals surface area contributed by atoms with Crippen LogP contribution in [0.3, 0.4) is 0 Å². The van der Waals surface area contributed by atoms with Gasteiger partial charge in [0.2, 0.25) is 5.91 Å². The van der Waals surface area contributed by atoms with E-state index < -0.39 is 0 Å². The summed E-state index contributed by atoms with van der Waals surface area (Å²) in [6.45, 7) is 1.80. The fraction of sp³-hybridized carbons (Fsp3) is 0.429. The van der Waals surface area contributed by atoms with Gasteiger partial charge in [0.15, 0.2) is 0 Å². The summed E-state index contributed by atoms with van der Waals surface area (Å²) >= 11 is 1.41. The highest BCUT2D eigenvalue weighted by atomic mass is 32.2. The van der Waals surface area contributed by atoms with Crippen LogP contribution in [-0.4, -0.2) is 37.1 Å². The molecule has 5 nitrogen and oxygen atoms in total. The van der Waals surface area contributed by atoms with Crippen molar-refractivity contribution in [1.29, 1.82) is 0 Å². The predicted molar refractivity (Wildman–Crippen MR) is 80.2 cm³/mol. The average Bonchev–Trinajstić information content (AvgIpc) is 2.47. The largest absolute Gasteiger partial charge is 0.495 e. The first kappa shape index (κ1) is 16.4. The Balaban J connectivity index is 2.47. The Morgan fingerprint density at radius 3 is 2.65 bits per heavy atom. The third-order valence-electron chi connectivity index (χ3n) is 2.64. The molecule has 0 fully saturated rings. The Bertz CT molecular complexity index is 464. The van der Waals surface area contributed by atoms with E-state index in [-0.39, 0.29) is 17.1 Å². The monoisotopic (exact) mass is 297 g/mol. The van der Waals surface area contributed by atoms with Crippen molar-refractivity contribution < 1.29 is 19.1 Å². The fourth-order valence-corrected chi connectivity index (χ4v) is 2.33. The Labute approximate surface area is 123 Å². The number of carbonyl (C=O) groups is 2. The molecule has 0 aliphatic carbocycles. The summed E-state index contributed by atoms with van der Waals surface area (Å²) in [5.41, 5.74) is 0.639. The van der Waals surface area contributed by atoms with E-state index in [1.807, 2.05) is 12.1 Å². The number of hydrogen-bond donors (Lipinski definition) is 1. The van der Waals surface area contributed by atoms with Gasteiger partial charge in [-0.05, 0) is 19.1 Å². The van der Waals surface area contributed by atoms with Crippen LogP contribution in [-0.2, 0) is 14.3 Å². The number of anilines is 1. The van der Waals surface area contributed by atoms with E-state index in [1.54, 1.807) is 26.2 Å². The van der Waals surface area contributed by atoms with Crippen molar-refractivity contribution in [3.8, 4) is 5.75 Å². The molecule has 0 saturated carbocycles. The SMILES string of the molecule is COC(=O)CCS[C@H](C)C(=O)Nc1ccccc1OC. The molecular formula is C14H19NO4S. The third kappa shape index (κ3) is 5.13. The van der Waals surface area contributed by atoms with Crippen molar-refractivity contribution in [2.24, 2.45) is 0 Å². The van der Waals surface area contributed by atoms with E-state index in [9.17, 15) is 9.59 Å². The number of hydrogen-bond acceptors (Lipinski definition) is 5. The molecule has 1 rings (SSSR count). The van der Waals surface area contributed by atoms with Crippen molar-refractivity contribution in [3.63, 3.8) is 0 Å². The summed E-state index contributed by atoms with van der Waals surface area (Å²) in [6, 6.07) is 7.23. The molecule has 0 unspecified atom stereocenters. The molecule has 110 valence electrons. The number of benzene rings is 1. The second-order valence-corrected chi connectivity index (χ2v) is 5.48. The molecule has 0 heterocycles.